The normalized spacial score (nSPS) is 23.9. The quantitative estimate of drug-likeness (QED) is 0.748. The molecule has 1 amide bonds. The number of hydrogen-bond acceptors (Lipinski definition) is 3. The summed E-state index contributed by atoms with van der Waals surface area (Å²) >= 11 is 0. The first-order valence-corrected chi connectivity index (χ1v) is 6.03. The van der Waals surface area contributed by atoms with Crippen LogP contribution in [0.15, 0.2) is 30.3 Å². The van der Waals surface area contributed by atoms with E-state index in [0.29, 0.717) is 12.8 Å². The van der Waals surface area contributed by atoms with E-state index in [1.165, 1.54) is 7.11 Å². The lowest BCUT2D eigenvalue weighted by molar-refractivity contribution is -0.153. The van der Waals surface area contributed by atoms with Crippen molar-refractivity contribution in [3.8, 4) is 0 Å². The zero-order valence-electron chi connectivity index (χ0n) is 10.6. The molecule has 0 aliphatic carbocycles. The molecule has 96 valence electrons. The van der Waals surface area contributed by atoms with Crippen molar-refractivity contribution in [3.63, 3.8) is 0 Å². The second kappa shape index (κ2) is 5.21. The number of hydrogen-bond donors (Lipinski definition) is 0. The molecular weight excluding hydrogens is 230 g/mol. The van der Waals surface area contributed by atoms with E-state index >= 15 is 0 Å². The molecule has 4 nitrogen and oxygen atoms in total. The molecule has 0 aromatic heterocycles. The van der Waals surface area contributed by atoms with Crippen LogP contribution in [-0.4, -0.2) is 30.9 Å². The first-order valence-electron chi connectivity index (χ1n) is 6.03. The van der Waals surface area contributed by atoms with E-state index in [-0.39, 0.29) is 23.8 Å². The molecular formula is C14H17NO3. The zero-order chi connectivity index (χ0) is 13.1. The number of amides is 1. The van der Waals surface area contributed by atoms with E-state index in [1.807, 2.05) is 30.3 Å². The van der Waals surface area contributed by atoms with Crippen LogP contribution in [0.4, 0.5) is 0 Å². The summed E-state index contributed by atoms with van der Waals surface area (Å²) in [7, 11) is 3.13. The van der Waals surface area contributed by atoms with Gasteiger partial charge in [-0.3, -0.25) is 9.59 Å². The number of nitrogens with zero attached hydrogens (tertiary/aromatic N) is 1. The van der Waals surface area contributed by atoms with E-state index in [2.05, 4.69) is 0 Å². The lowest BCUT2D eigenvalue weighted by Gasteiger charge is -2.37. The SMILES string of the molecule is COC(=O)[C@H]1CCC(=O)N(C)[C@@H]1c1ccccc1. The van der Waals surface area contributed by atoms with Gasteiger partial charge in [0.15, 0.2) is 0 Å². The van der Waals surface area contributed by atoms with Gasteiger partial charge in [-0.2, -0.15) is 0 Å². The van der Waals surface area contributed by atoms with Crippen LogP contribution in [0.25, 0.3) is 0 Å². The van der Waals surface area contributed by atoms with Crippen LogP contribution in [0.1, 0.15) is 24.4 Å². The molecule has 1 heterocycles. The maximum absolute atomic E-state index is 11.8. The van der Waals surface area contributed by atoms with Crippen molar-refractivity contribution in [3.05, 3.63) is 35.9 Å². The number of likely N-dealkylation sites (tertiary alicyclic amines) is 1. The topological polar surface area (TPSA) is 46.6 Å². The fraction of sp³-hybridized carbons (Fsp3) is 0.429. The zero-order valence-corrected chi connectivity index (χ0v) is 10.6. The van der Waals surface area contributed by atoms with Crippen molar-refractivity contribution in [2.24, 2.45) is 5.92 Å². The summed E-state index contributed by atoms with van der Waals surface area (Å²) in [5.41, 5.74) is 0.975. The Labute approximate surface area is 107 Å². The smallest absolute Gasteiger partial charge is 0.311 e. The number of carbonyl (C=O) groups is 2. The molecule has 1 aromatic rings. The Morgan fingerprint density at radius 3 is 2.61 bits per heavy atom. The van der Waals surface area contributed by atoms with Gasteiger partial charge in [-0.15, -0.1) is 0 Å². The van der Waals surface area contributed by atoms with E-state index in [4.69, 9.17) is 4.74 Å². The van der Waals surface area contributed by atoms with Gasteiger partial charge >= 0.3 is 5.97 Å². The second-order valence-corrected chi connectivity index (χ2v) is 4.53. The average Bonchev–Trinajstić information content (AvgIpc) is 2.41. The highest BCUT2D eigenvalue weighted by molar-refractivity contribution is 5.82. The number of rotatable bonds is 2. The van der Waals surface area contributed by atoms with Crippen molar-refractivity contribution in [2.75, 3.05) is 14.2 Å². The van der Waals surface area contributed by atoms with Gasteiger partial charge in [0.05, 0.1) is 19.1 Å². The summed E-state index contributed by atoms with van der Waals surface area (Å²) in [4.78, 5) is 25.3. The summed E-state index contributed by atoms with van der Waals surface area (Å²) in [5.74, 6) is -0.452. The van der Waals surface area contributed by atoms with Crippen LogP contribution in [0.5, 0.6) is 0 Å². The molecule has 0 saturated carbocycles. The van der Waals surface area contributed by atoms with E-state index in [1.54, 1.807) is 11.9 Å². The number of ether oxygens (including phenoxy) is 1. The Hall–Kier alpha value is -1.84. The molecule has 0 bridgehead atoms. The Kier molecular flexibility index (Phi) is 3.65. The van der Waals surface area contributed by atoms with Crippen molar-refractivity contribution in [2.45, 2.75) is 18.9 Å². The minimum Gasteiger partial charge on any atom is -0.469 e. The molecule has 2 atom stereocenters. The number of esters is 1. The number of carbonyl (C=O) groups excluding carboxylic acids is 2. The molecule has 1 aliphatic heterocycles. The second-order valence-electron chi connectivity index (χ2n) is 4.53. The number of piperidine rings is 1. The number of methoxy groups -OCH3 is 1. The summed E-state index contributed by atoms with van der Waals surface area (Å²) in [6.07, 6.45) is 0.953. The Balaban J connectivity index is 2.35. The van der Waals surface area contributed by atoms with E-state index in [0.717, 1.165) is 5.56 Å². The van der Waals surface area contributed by atoms with Gasteiger partial charge in [0.1, 0.15) is 0 Å². The molecule has 4 heteroatoms. The van der Waals surface area contributed by atoms with Gasteiger partial charge in [-0.05, 0) is 12.0 Å². The van der Waals surface area contributed by atoms with Crippen LogP contribution in [-0.2, 0) is 14.3 Å². The molecule has 1 fully saturated rings. The Morgan fingerprint density at radius 1 is 1.33 bits per heavy atom. The summed E-state index contributed by atoms with van der Waals surface area (Å²) in [6, 6.07) is 9.40. The first-order chi connectivity index (χ1) is 8.65. The van der Waals surface area contributed by atoms with Crippen molar-refractivity contribution in [1.29, 1.82) is 0 Å². The molecule has 1 aliphatic rings. The third-order valence-electron chi connectivity index (χ3n) is 3.51. The van der Waals surface area contributed by atoms with Crippen molar-refractivity contribution >= 4 is 11.9 Å². The van der Waals surface area contributed by atoms with Gasteiger partial charge in [0, 0.05) is 13.5 Å². The van der Waals surface area contributed by atoms with Crippen molar-refractivity contribution < 1.29 is 14.3 Å². The predicted molar refractivity (Wildman–Crippen MR) is 66.7 cm³/mol. The minimum atomic E-state index is -0.278. The molecule has 2 rings (SSSR count). The lowest BCUT2D eigenvalue weighted by atomic mass is 9.84. The van der Waals surface area contributed by atoms with E-state index < -0.39 is 0 Å². The van der Waals surface area contributed by atoms with Gasteiger partial charge < -0.3 is 9.64 Å². The summed E-state index contributed by atoms with van der Waals surface area (Å²) in [6.45, 7) is 0. The van der Waals surface area contributed by atoms with Crippen LogP contribution < -0.4 is 0 Å². The molecule has 0 N–H and O–H groups in total. The molecule has 1 aromatic carbocycles. The number of benzene rings is 1. The van der Waals surface area contributed by atoms with Crippen LogP contribution in [0, 0.1) is 5.92 Å². The highest BCUT2D eigenvalue weighted by Gasteiger charge is 2.39. The highest BCUT2D eigenvalue weighted by Crippen LogP contribution is 2.36. The Bertz CT molecular complexity index is 444. The van der Waals surface area contributed by atoms with Crippen LogP contribution >= 0.6 is 0 Å². The van der Waals surface area contributed by atoms with Gasteiger partial charge in [0.25, 0.3) is 0 Å². The monoisotopic (exact) mass is 247 g/mol. The highest BCUT2D eigenvalue weighted by atomic mass is 16.5. The molecule has 18 heavy (non-hydrogen) atoms. The van der Waals surface area contributed by atoms with Gasteiger partial charge in [0.2, 0.25) is 5.91 Å². The lowest BCUT2D eigenvalue weighted by Crippen LogP contribution is -2.43. The molecule has 1 saturated heterocycles. The van der Waals surface area contributed by atoms with Crippen LogP contribution in [0.3, 0.4) is 0 Å². The van der Waals surface area contributed by atoms with Gasteiger partial charge in [-0.1, -0.05) is 30.3 Å². The maximum Gasteiger partial charge on any atom is 0.311 e. The minimum absolute atomic E-state index is 0.0732. The third kappa shape index (κ3) is 2.23. The average molecular weight is 247 g/mol. The maximum atomic E-state index is 11.8. The molecule has 0 radical (unpaired) electrons. The molecule has 0 spiro atoms. The van der Waals surface area contributed by atoms with Crippen LogP contribution in [0.2, 0.25) is 0 Å². The standard InChI is InChI=1S/C14H17NO3/c1-15-12(16)9-8-11(14(17)18-2)13(15)10-6-4-3-5-7-10/h3-7,11,13H,8-9H2,1-2H3/t11-,13+/m0/s1. The van der Waals surface area contributed by atoms with E-state index in [9.17, 15) is 9.59 Å². The fourth-order valence-corrected chi connectivity index (χ4v) is 2.54. The Morgan fingerprint density at radius 2 is 2.00 bits per heavy atom. The summed E-state index contributed by atoms with van der Waals surface area (Å²) < 4.78 is 4.85. The first kappa shape index (κ1) is 12.6. The van der Waals surface area contributed by atoms with Crippen molar-refractivity contribution in [1.82, 2.24) is 4.90 Å². The van der Waals surface area contributed by atoms with Gasteiger partial charge in [-0.25, -0.2) is 0 Å². The predicted octanol–water partition coefficient (Wildman–Crippen LogP) is 1.77. The molecule has 0 unspecified atom stereocenters. The largest absolute Gasteiger partial charge is 0.469 e. The summed E-state index contributed by atoms with van der Waals surface area (Å²) in [5, 5.41) is 0. The fourth-order valence-electron chi connectivity index (χ4n) is 2.54. The third-order valence-corrected chi connectivity index (χ3v) is 3.51.